The molecule has 2 heteroatoms. The Kier molecular flexibility index (Phi) is 5.94. The molecule has 0 amide bonds. The third-order valence-corrected chi connectivity index (χ3v) is 3.06. The topological polar surface area (TPSA) is 26.3 Å². The van der Waals surface area contributed by atoms with E-state index in [2.05, 4.69) is 0 Å². The van der Waals surface area contributed by atoms with Gasteiger partial charge in [0, 0.05) is 0 Å². The second-order valence-corrected chi connectivity index (χ2v) is 4.59. The number of hydrogen-bond acceptors (Lipinski definition) is 2. The van der Waals surface area contributed by atoms with Crippen molar-refractivity contribution in [1.29, 1.82) is 0 Å². The fraction of sp³-hybridized carbons (Fsp3) is 0.0500. The molecule has 0 aromatic heterocycles. The number of methoxy groups -OCH3 is 1. The van der Waals surface area contributed by atoms with Gasteiger partial charge in [-0.2, -0.15) is 0 Å². The molecule has 0 unspecified atom stereocenters. The predicted octanol–water partition coefficient (Wildman–Crippen LogP) is 4.51. The van der Waals surface area contributed by atoms with E-state index in [1.807, 2.05) is 85.0 Å². The first kappa shape index (κ1) is 15.5. The minimum atomic E-state index is -0.345. The van der Waals surface area contributed by atoms with Crippen LogP contribution in [0.1, 0.15) is 11.1 Å². The normalized spacial score (nSPS) is 12.0. The van der Waals surface area contributed by atoms with Crippen LogP contribution in [0.2, 0.25) is 0 Å². The maximum atomic E-state index is 11.9. The van der Waals surface area contributed by atoms with Gasteiger partial charge in [0.1, 0.15) is 0 Å². The lowest BCUT2D eigenvalue weighted by Gasteiger charge is -2.04. The summed E-state index contributed by atoms with van der Waals surface area (Å²) >= 11 is 0. The lowest BCUT2D eigenvalue weighted by Crippen LogP contribution is -2.03. The summed E-state index contributed by atoms with van der Waals surface area (Å²) in [5.41, 5.74) is 2.51. The monoisotopic (exact) mass is 290 g/mol. The molecule has 0 spiro atoms. The lowest BCUT2D eigenvalue weighted by atomic mass is 10.1. The van der Waals surface area contributed by atoms with Crippen LogP contribution in [0.5, 0.6) is 0 Å². The first-order chi connectivity index (χ1) is 10.8. The number of esters is 1. The number of carbonyl (C=O) groups excluding carboxylic acids is 1. The standard InChI is InChI=1S/C20H18O2/c1-22-20(21)19(18-14-8-4-9-15-18)16-10-3-7-13-17-11-5-2-6-12-17/h2-16H,1H3/b10-3+,13-7+,19-16+. The molecule has 0 saturated carbocycles. The van der Waals surface area contributed by atoms with Crippen LogP contribution in [-0.4, -0.2) is 13.1 Å². The fourth-order valence-corrected chi connectivity index (χ4v) is 1.96. The molecule has 0 radical (unpaired) electrons. The van der Waals surface area contributed by atoms with Crippen LogP contribution in [0.25, 0.3) is 11.6 Å². The summed E-state index contributed by atoms with van der Waals surface area (Å²) in [7, 11) is 1.39. The fourth-order valence-electron chi connectivity index (χ4n) is 1.96. The molecule has 22 heavy (non-hydrogen) atoms. The molecule has 2 nitrogen and oxygen atoms in total. The SMILES string of the molecule is COC(=O)/C(=C/C=C/C=C/c1ccccc1)c1ccccc1. The molecular formula is C20H18O2. The Labute approximate surface area is 131 Å². The number of carbonyl (C=O) groups is 1. The van der Waals surface area contributed by atoms with E-state index >= 15 is 0 Å². The van der Waals surface area contributed by atoms with Gasteiger partial charge in [0.2, 0.25) is 0 Å². The summed E-state index contributed by atoms with van der Waals surface area (Å²) in [6.07, 6.45) is 9.42. The molecule has 110 valence electrons. The Balaban J connectivity index is 2.12. The maximum absolute atomic E-state index is 11.9. The van der Waals surface area contributed by atoms with Gasteiger partial charge in [-0.3, -0.25) is 0 Å². The molecule has 0 fully saturated rings. The van der Waals surface area contributed by atoms with Gasteiger partial charge in [-0.1, -0.05) is 85.0 Å². The van der Waals surface area contributed by atoms with E-state index in [4.69, 9.17) is 4.74 Å². The van der Waals surface area contributed by atoms with Gasteiger partial charge in [-0.05, 0) is 17.2 Å². The molecule has 2 rings (SSSR count). The Bertz CT molecular complexity index is 680. The maximum Gasteiger partial charge on any atom is 0.338 e. The van der Waals surface area contributed by atoms with Crippen LogP contribution >= 0.6 is 0 Å². The lowest BCUT2D eigenvalue weighted by molar-refractivity contribution is -0.133. The van der Waals surface area contributed by atoms with Crippen molar-refractivity contribution >= 4 is 17.6 Å². The number of allylic oxidation sites excluding steroid dienone is 4. The number of rotatable bonds is 5. The summed E-state index contributed by atoms with van der Waals surface area (Å²) in [5.74, 6) is -0.345. The van der Waals surface area contributed by atoms with Gasteiger partial charge in [-0.25, -0.2) is 4.79 Å². The van der Waals surface area contributed by atoms with Gasteiger partial charge in [0.05, 0.1) is 12.7 Å². The van der Waals surface area contributed by atoms with Gasteiger partial charge in [0.25, 0.3) is 0 Å². The third-order valence-electron chi connectivity index (χ3n) is 3.06. The molecule has 2 aromatic carbocycles. The third kappa shape index (κ3) is 4.60. The van der Waals surface area contributed by atoms with Crippen molar-refractivity contribution in [1.82, 2.24) is 0 Å². The summed E-state index contributed by atoms with van der Waals surface area (Å²) < 4.78 is 4.83. The molecule has 0 bridgehead atoms. The molecule has 0 aliphatic rings. The minimum absolute atomic E-state index is 0.345. The van der Waals surface area contributed by atoms with Crippen LogP contribution in [0.3, 0.4) is 0 Å². The van der Waals surface area contributed by atoms with Crippen molar-refractivity contribution < 1.29 is 9.53 Å². The Morgan fingerprint density at radius 2 is 1.50 bits per heavy atom. The quantitative estimate of drug-likeness (QED) is 0.460. The minimum Gasteiger partial charge on any atom is -0.465 e. The summed E-state index contributed by atoms with van der Waals surface area (Å²) in [4.78, 5) is 11.9. The first-order valence-electron chi connectivity index (χ1n) is 7.05. The zero-order chi connectivity index (χ0) is 15.6. The highest BCUT2D eigenvalue weighted by Gasteiger charge is 2.10. The van der Waals surface area contributed by atoms with Crippen molar-refractivity contribution in [2.45, 2.75) is 0 Å². The Morgan fingerprint density at radius 3 is 2.14 bits per heavy atom. The second kappa shape index (κ2) is 8.42. The summed E-state index contributed by atoms with van der Waals surface area (Å²) in [6, 6.07) is 19.5. The van der Waals surface area contributed by atoms with E-state index in [9.17, 15) is 4.79 Å². The molecular weight excluding hydrogens is 272 g/mol. The molecule has 0 heterocycles. The van der Waals surface area contributed by atoms with Crippen molar-refractivity contribution in [3.05, 3.63) is 96.1 Å². The van der Waals surface area contributed by atoms with Gasteiger partial charge in [-0.15, -0.1) is 0 Å². The average molecular weight is 290 g/mol. The number of benzene rings is 2. The van der Waals surface area contributed by atoms with Crippen molar-refractivity contribution in [2.24, 2.45) is 0 Å². The Hall–Kier alpha value is -2.87. The smallest absolute Gasteiger partial charge is 0.338 e. The number of ether oxygens (including phenoxy) is 1. The molecule has 0 aliphatic heterocycles. The molecule has 0 atom stereocenters. The van der Waals surface area contributed by atoms with E-state index in [1.54, 1.807) is 6.08 Å². The summed E-state index contributed by atoms with van der Waals surface area (Å²) in [5, 5.41) is 0. The molecule has 0 N–H and O–H groups in total. The summed E-state index contributed by atoms with van der Waals surface area (Å²) in [6.45, 7) is 0. The van der Waals surface area contributed by atoms with Gasteiger partial charge in [0.15, 0.2) is 0 Å². The largest absolute Gasteiger partial charge is 0.465 e. The van der Waals surface area contributed by atoms with Crippen LogP contribution in [0, 0.1) is 0 Å². The average Bonchev–Trinajstić information content (AvgIpc) is 2.59. The van der Waals surface area contributed by atoms with Crippen LogP contribution in [-0.2, 0) is 9.53 Å². The zero-order valence-electron chi connectivity index (χ0n) is 12.5. The number of hydrogen-bond donors (Lipinski definition) is 0. The highest BCUT2D eigenvalue weighted by molar-refractivity contribution is 6.16. The highest BCUT2D eigenvalue weighted by Crippen LogP contribution is 2.15. The predicted molar refractivity (Wildman–Crippen MR) is 91.1 cm³/mol. The molecule has 0 saturated heterocycles. The van der Waals surface area contributed by atoms with Gasteiger partial charge < -0.3 is 4.74 Å². The van der Waals surface area contributed by atoms with E-state index in [0.29, 0.717) is 5.57 Å². The second-order valence-electron chi connectivity index (χ2n) is 4.59. The van der Waals surface area contributed by atoms with E-state index in [1.165, 1.54) is 7.11 Å². The van der Waals surface area contributed by atoms with Crippen molar-refractivity contribution in [3.63, 3.8) is 0 Å². The first-order valence-corrected chi connectivity index (χ1v) is 7.05. The van der Waals surface area contributed by atoms with Crippen molar-refractivity contribution in [3.8, 4) is 0 Å². The molecule has 0 aliphatic carbocycles. The van der Waals surface area contributed by atoms with E-state index in [-0.39, 0.29) is 5.97 Å². The van der Waals surface area contributed by atoms with Gasteiger partial charge >= 0.3 is 5.97 Å². The van der Waals surface area contributed by atoms with Crippen LogP contribution in [0.15, 0.2) is 85.0 Å². The van der Waals surface area contributed by atoms with Crippen molar-refractivity contribution in [2.75, 3.05) is 7.11 Å². The molecule has 2 aromatic rings. The van der Waals surface area contributed by atoms with E-state index < -0.39 is 0 Å². The van der Waals surface area contributed by atoms with Crippen LogP contribution < -0.4 is 0 Å². The Morgan fingerprint density at radius 1 is 0.864 bits per heavy atom. The van der Waals surface area contributed by atoms with Crippen LogP contribution in [0.4, 0.5) is 0 Å². The van der Waals surface area contributed by atoms with E-state index in [0.717, 1.165) is 11.1 Å². The zero-order valence-corrected chi connectivity index (χ0v) is 12.5. The highest BCUT2D eigenvalue weighted by atomic mass is 16.5.